The molecule has 0 fully saturated rings. The second-order valence-corrected chi connectivity index (χ2v) is 14.0. The van der Waals surface area contributed by atoms with Crippen LogP contribution in [0, 0.1) is 11.8 Å². The van der Waals surface area contributed by atoms with Gasteiger partial charge in [0.05, 0.1) is 0 Å². The van der Waals surface area contributed by atoms with Crippen molar-refractivity contribution in [2.24, 2.45) is 11.8 Å². The Morgan fingerprint density at radius 1 is 0.524 bits per heavy atom. The lowest BCUT2D eigenvalue weighted by molar-refractivity contribution is -0.138. The molecule has 0 aromatic heterocycles. The average Bonchev–Trinajstić information content (AvgIpc) is 2.96. The number of hydrogen-bond acceptors (Lipinski definition) is 4. The van der Waals surface area contributed by atoms with Gasteiger partial charge in [-0.1, -0.05) is 147 Å². The fourth-order valence-corrected chi connectivity index (χ4v) is 6.83. The number of hydrogen-bond donors (Lipinski definition) is 4. The highest BCUT2D eigenvalue weighted by Gasteiger charge is 2.27. The van der Waals surface area contributed by atoms with Gasteiger partial charge >= 0.3 is 11.9 Å². The number of carbonyl (C=O) groups is 2. The number of unbranched alkanes of at least 4 members (excludes halogenated alkanes) is 17. The maximum absolute atomic E-state index is 11.9. The molecule has 4 unspecified atom stereocenters. The van der Waals surface area contributed by atoms with Gasteiger partial charge in [0.1, 0.15) is 10.5 Å². The van der Waals surface area contributed by atoms with Gasteiger partial charge in [-0.25, -0.2) is 0 Å². The van der Waals surface area contributed by atoms with E-state index < -0.39 is 22.4 Å². The van der Waals surface area contributed by atoms with Crippen LogP contribution in [-0.4, -0.2) is 32.7 Å². The summed E-state index contributed by atoms with van der Waals surface area (Å²) in [4.78, 5) is 23.6. The van der Waals surface area contributed by atoms with Crippen LogP contribution in [0.2, 0.25) is 0 Å². The Hall–Kier alpha value is -0.620. The summed E-state index contributed by atoms with van der Waals surface area (Å²) in [5.41, 5.74) is 2.39. The van der Waals surface area contributed by atoms with Gasteiger partial charge in [-0.05, 0) is 51.9 Å². The summed E-state index contributed by atoms with van der Waals surface area (Å²) in [6.07, 6.45) is 28.5. The van der Waals surface area contributed by atoms with Crippen molar-refractivity contribution in [1.82, 2.24) is 0 Å². The first-order chi connectivity index (χ1) is 20.2. The van der Waals surface area contributed by atoms with Crippen molar-refractivity contribution in [3.63, 3.8) is 0 Å². The molecule has 0 aliphatic heterocycles. The Morgan fingerprint density at radius 3 is 1.29 bits per heavy atom. The minimum absolute atomic E-state index is 0.0610. The second-order valence-electron chi connectivity index (χ2n) is 12.9. The first kappa shape index (κ1) is 41.4. The van der Waals surface area contributed by atoms with Crippen molar-refractivity contribution in [2.75, 3.05) is 0 Å². The Labute approximate surface area is 271 Å². The highest BCUT2D eigenvalue weighted by atomic mass is 32.1. The number of carboxylic acids is 2. The standard InChI is InChI=1S/C36H68O4S2/c1-5-7-9-11-13-15-16-17-19-21-23-28-32(34(42)36(39)40)30(4)29(3)25-24-27-31(33(41)35(37)38)26-22-20-18-14-12-10-8-6-2/h31-34,41-42H,5-28H2,1-4H3,(H,37,38)(H,39,40)/b30-29+. The predicted octanol–water partition coefficient (Wildman–Crippen LogP) is 11.7. The first-order valence-electron chi connectivity index (χ1n) is 17.6. The Kier molecular flexibility index (Phi) is 27.5. The molecule has 0 saturated heterocycles. The van der Waals surface area contributed by atoms with Gasteiger partial charge in [0.2, 0.25) is 0 Å². The van der Waals surface area contributed by atoms with Crippen molar-refractivity contribution in [3.8, 4) is 0 Å². The van der Waals surface area contributed by atoms with Crippen LogP contribution in [0.5, 0.6) is 0 Å². The third-order valence-electron chi connectivity index (χ3n) is 9.24. The first-order valence-corrected chi connectivity index (χ1v) is 18.7. The number of carboxylic acid groups (broad SMARTS) is 2. The molecule has 0 aromatic rings. The quantitative estimate of drug-likeness (QED) is 0.0363. The van der Waals surface area contributed by atoms with Gasteiger partial charge < -0.3 is 10.2 Å². The molecule has 6 heteroatoms. The van der Waals surface area contributed by atoms with Crippen molar-refractivity contribution in [1.29, 1.82) is 0 Å². The zero-order valence-corrected chi connectivity index (χ0v) is 29.7. The van der Waals surface area contributed by atoms with E-state index in [-0.39, 0.29) is 11.8 Å². The number of aliphatic carboxylic acids is 2. The van der Waals surface area contributed by atoms with E-state index in [9.17, 15) is 19.8 Å². The normalized spacial score (nSPS) is 15.2. The average molecular weight is 629 g/mol. The zero-order chi connectivity index (χ0) is 31.6. The van der Waals surface area contributed by atoms with E-state index in [1.54, 1.807) is 0 Å². The summed E-state index contributed by atoms with van der Waals surface area (Å²) >= 11 is 8.96. The summed E-state index contributed by atoms with van der Waals surface area (Å²) in [7, 11) is 0. The summed E-state index contributed by atoms with van der Waals surface area (Å²) in [5.74, 6) is -1.65. The third-order valence-corrected chi connectivity index (χ3v) is 10.5. The van der Waals surface area contributed by atoms with E-state index in [4.69, 9.17) is 0 Å². The Balaban J connectivity index is 4.70. The predicted molar refractivity (Wildman–Crippen MR) is 188 cm³/mol. The van der Waals surface area contributed by atoms with Crippen LogP contribution in [-0.2, 0) is 9.59 Å². The monoisotopic (exact) mass is 628 g/mol. The fourth-order valence-electron chi connectivity index (χ4n) is 6.16. The van der Waals surface area contributed by atoms with Crippen molar-refractivity contribution in [3.05, 3.63) is 11.1 Å². The molecule has 0 spiro atoms. The summed E-state index contributed by atoms with van der Waals surface area (Å²) < 4.78 is 0. The SMILES string of the molecule is CCCCCCCCCCCCCC(/C(C)=C(\C)CCCC(CCCCCCCCCC)C(S)C(=O)O)C(S)C(=O)O. The molecule has 0 heterocycles. The molecule has 0 bridgehead atoms. The van der Waals surface area contributed by atoms with E-state index in [0.717, 1.165) is 56.9 Å². The molecule has 0 aliphatic rings. The van der Waals surface area contributed by atoms with E-state index in [1.165, 1.54) is 108 Å². The molecule has 2 N–H and O–H groups in total. The Bertz CT molecular complexity index is 709. The van der Waals surface area contributed by atoms with Gasteiger partial charge in [0, 0.05) is 5.92 Å². The molecule has 0 aliphatic carbocycles. The highest BCUT2D eigenvalue weighted by molar-refractivity contribution is 7.82. The van der Waals surface area contributed by atoms with E-state index in [0.29, 0.717) is 0 Å². The molecular formula is C36H68O4S2. The van der Waals surface area contributed by atoms with E-state index >= 15 is 0 Å². The van der Waals surface area contributed by atoms with Gasteiger partial charge in [0.15, 0.2) is 0 Å². The number of rotatable bonds is 30. The maximum atomic E-state index is 11.9. The second kappa shape index (κ2) is 27.9. The van der Waals surface area contributed by atoms with Crippen LogP contribution >= 0.6 is 25.3 Å². The third kappa shape index (κ3) is 21.1. The van der Waals surface area contributed by atoms with E-state index in [1.807, 2.05) is 0 Å². The zero-order valence-electron chi connectivity index (χ0n) is 27.9. The largest absolute Gasteiger partial charge is 0.480 e. The van der Waals surface area contributed by atoms with Crippen molar-refractivity contribution < 1.29 is 19.8 Å². The molecule has 0 radical (unpaired) electrons. The lowest BCUT2D eigenvalue weighted by Gasteiger charge is -2.24. The van der Waals surface area contributed by atoms with Crippen LogP contribution in [0.3, 0.4) is 0 Å². The van der Waals surface area contributed by atoms with Gasteiger partial charge in [-0.15, -0.1) is 0 Å². The van der Waals surface area contributed by atoms with Gasteiger partial charge in [-0.3, -0.25) is 9.59 Å². The molecule has 42 heavy (non-hydrogen) atoms. The number of allylic oxidation sites excluding steroid dienone is 2. The molecule has 0 rings (SSSR count). The van der Waals surface area contributed by atoms with Crippen molar-refractivity contribution in [2.45, 2.75) is 192 Å². The highest BCUT2D eigenvalue weighted by Crippen LogP contribution is 2.31. The Morgan fingerprint density at radius 2 is 0.881 bits per heavy atom. The summed E-state index contributed by atoms with van der Waals surface area (Å²) in [5, 5.41) is 18.0. The molecular weight excluding hydrogens is 561 g/mol. The fraction of sp³-hybridized carbons (Fsp3) is 0.889. The van der Waals surface area contributed by atoms with Crippen LogP contribution in [0.4, 0.5) is 0 Å². The minimum atomic E-state index is -0.844. The lowest BCUT2D eigenvalue weighted by Crippen LogP contribution is -2.26. The van der Waals surface area contributed by atoms with Gasteiger partial charge in [-0.2, -0.15) is 25.3 Å². The summed E-state index contributed by atoms with van der Waals surface area (Å²) in [6, 6.07) is 0. The molecule has 0 saturated carbocycles. The molecule has 0 amide bonds. The van der Waals surface area contributed by atoms with Crippen LogP contribution in [0.1, 0.15) is 182 Å². The van der Waals surface area contributed by atoms with E-state index in [2.05, 4.69) is 53.0 Å². The van der Waals surface area contributed by atoms with Gasteiger partial charge in [0.25, 0.3) is 0 Å². The van der Waals surface area contributed by atoms with Crippen LogP contribution < -0.4 is 0 Å². The smallest absolute Gasteiger partial charge is 0.316 e. The molecule has 4 nitrogen and oxygen atoms in total. The molecule has 0 aromatic carbocycles. The topological polar surface area (TPSA) is 74.6 Å². The van der Waals surface area contributed by atoms with Crippen LogP contribution in [0.25, 0.3) is 0 Å². The summed E-state index contributed by atoms with van der Waals surface area (Å²) in [6.45, 7) is 8.70. The minimum Gasteiger partial charge on any atom is -0.480 e. The molecule has 4 atom stereocenters. The van der Waals surface area contributed by atoms with Crippen LogP contribution in [0.15, 0.2) is 11.1 Å². The molecule has 248 valence electrons. The maximum Gasteiger partial charge on any atom is 0.316 e. The van der Waals surface area contributed by atoms with Crippen molar-refractivity contribution >= 4 is 37.2 Å². The number of thiol groups is 2. The lowest BCUT2D eigenvalue weighted by atomic mass is 9.85.